The van der Waals surface area contributed by atoms with Crippen molar-refractivity contribution in [3.63, 3.8) is 0 Å². The number of para-hydroxylation sites is 2. The summed E-state index contributed by atoms with van der Waals surface area (Å²) in [5.41, 5.74) is 4.84. The minimum absolute atomic E-state index is 0.0508. The fraction of sp³-hybridized carbons (Fsp3) is 0.179. The number of thioether (sulfide) groups is 1. The van der Waals surface area contributed by atoms with Gasteiger partial charge < -0.3 is 20.3 Å². The van der Waals surface area contributed by atoms with E-state index in [9.17, 15) is 19.7 Å². The Morgan fingerprint density at radius 2 is 1.86 bits per heavy atom. The van der Waals surface area contributed by atoms with Crippen molar-refractivity contribution in [1.29, 1.82) is 0 Å². The van der Waals surface area contributed by atoms with E-state index in [1.165, 1.54) is 15.6 Å². The Balaban J connectivity index is 0.822. The molecule has 0 aliphatic carbocycles. The Labute approximate surface area is 329 Å². The fourth-order valence-corrected chi connectivity index (χ4v) is 7.57. The van der Waals surface area contributed by atoms with Crippen molar-refractivity contribution in [2.75, 3.05) is 23.8 Å². The molecule has 17 heteroatoms. The van der Waals surface area contributed by atoms with Gasteiger partial charge >= 0.3 is 11.0 Å². The number of nitrogens with zero attached hydrogens (tertiary/aromatic N) is 7. The number of nitro groups is 1. The van der Waals surface area contributed by atoms with Crippen molar-refractivity contribution in [2.24, 2.45) is 0 Å². The zero-order chi connectivity index (χ0) is 38.9. The number of hydrogen-bond donors (Lipinski definition) is 3. The SMILES string of the molecule is CN1/C(=C/C=C/c2cc[n+](CCC(=O)NCCn3cc(COc4ccc(CNC(=O)Nc5ncc([N+](=O)[O-])s5)cc4)nn3)c3ccccc23)Sc2ccccc21. The molecular formula is C39H37N10O5S2+. The maximum absolute atomic E-state index is 12.8. The third-order valence-corrected chi connectivity index (χ3v) is 10.8. The molecule has 0 radical (unpaired) electrons. The normalized spacial score (nSPS) is 12.9. The summed E-state index contributed by atoms with van der Waals surface area (Å²) in [4.78, 5) is 42.4. The van der Waals surface area contributed by atoms with E-state index in [2.05, 4.69) is 108 Å². The number of thiazole rings is 1. The molecule has 3 N–H and O–H groups in total. The van der Waals surface area contributed by atoms with Gasteiger partial charge in [0, 0.05) is 37.2 Å². The van der Waals surface area contributed by atoms with Crippen LogP contribution in [0.25, 0.3) is 17.0 Å². The first kappa shape index (κ1) is 37.7. The molecule has 0 spiro atoms. The summed E-state index contributed by atoms with van der Waals surface area (Å²) in [6.07, 6.45) is 11.6. The summed E-state index contributed by atoms with van der Waals surface area (Å²) in [5.74, 6) is 0.563. The van der Waals surface area contributed by atoms with Crippen LogP contribution in [0.2, 0.25) is 0 Å². The molecule has 1 aliphatic heterocycles. The second-order valence-corrected chi connectivity index (χ2v) is 14.6. The molecule has 284 valence electrons. The van der Waals surface area contributed by atoms with Crippen molar-refractivity contribution in [2.45, 2.75) is 37.6 Å². The van der Waals surface area contributed by atoms with Crippen molar-refractivity contribution >= 4 is 67.8 Å². The van der Waals surface area contributed by atoms with Crippen LogP contribution in [-0.4, -0.2) is 50.4 Å². The Bertz CT molecular complexity index is 2430. The molecule has 56 heavy (non-hydrogen) atoms. The number of aromatic nitrogens is 5. The average Bonchev–Trinajstić information content (AvgIpc) is 3.96. The minimum atomic E-state index is -0.564. The van der Waals surface area contributed by atoms with Crippen LogP contribution >= 0.6 is 23.1 Å². The number of pyridine rings is 1. The lowest BCUT2D eigenvalue weighted by Crippen LogP contribution is -2.38. The number of amides is 3. The highest BCUT2D eigenvalue weighted by atomic mass is 32.2. The van der Waals surface area contributed by atoms with Crippen LogP contribution in [0.1, 0.15) is 23.2 Å². The predicted molar refractivity (Wildman–Crippen MR) is 215 cm³/mol. The van der Waals surface area contributed by atoms with Crippen molar-refractivity contribution < 1.29 is 23.8 Å². The molecule has 0 unspecified atom stereocenters. The Morgan fingerprint density at radius 3 is 2.68 bits per heavy atom. The van der Waals surface area contributed by atoms with Crippen LogP contribution in [0, 0.1) is 10.1 Å². The molecule has 3 aromatic heterocycles. The second kappa shape index (κ2) is 17.7. The number of carbonyl (C=O) groups is 2. The lowest BCUT2D eigenvalue weighted by atomic mass is 10.1. The molecule has 3 amide bonds. The van der Waals surface area contributed by atoms with E-state index in [4.69, 9.17) is 4.74 Å². The zero-order valence-corrected chi connectivity index (χ0v) is 31.8. The van der Waals surface area contributed by atoms with Gasteiger partial charge in [0.1, 0.15) is 24.2 Å². The van der Waals surface area contributed by atoms with Gasteiger partial charge in [-0.15, -0.1) is 5.10 Å². The summed E-state index contributed by atoms with van der Waals surface area (Å²) in [6.45, 7) is 1.84. The highest BCUT2D eigenvalue weighted by Gasteiger charge is 2.20. The molecular weight excluding hydrogens is 753 g/mol. The Kier molecular flexibility index (Phi) is 11.9. The number of allylic oxidation sites excluding steroid dienone is 2. The number of rotatable bonds is 15. The minimum Gasteiger partial charge on any atom is -0.487 e. The van der Waals surface area contributed by atoms with E-state index in [0.717, 1.165) is 39.6 Å². The molecule has 0 bridgehead atoms. The van der Waals surface area contributed by atoms with E-state index < -0.39 is 11.0 Å². The molecule has 0 fully saturated rings. The lowest BCUT2D eigenvalue weighted by molar-refractivity contribution is -0.670. The van der Waals surface area contributed by atoms with E-state index in [0.29, 0.717) is 37.5 Å². The van der Waals surface area contributed by atoms with E-state index in [1.54, 1.807) is 34.8 Å². The highest BCUT2D eigenvalue weighted by molar-refractivity contribution is 8.03. The number of nitrogens with one attached hydrogen (secondary N) is 3. The average molecular weight is 790 g/mol. The number of benzene rings is 3. The summed E-state index contributed by atoms with van der Waals surface area (Å²) in [5, 5.41) is 29.5. The monoisotopic (exact) mass is 789 g/mol. The van der Waals surface area contributed by atoms with Gasteiger partial charge in [-0.05, 0) is 58.9 Å². The number of anilines is 2. The topological polar surface area (TPSA) is 173 Å². The number of hydrogen-bond acceptors (Lipinski definition) is 11. The number of aryl methyl sites for hydroxylation is 1. The van der Waals surface area contributed by atoms with Crippen LogP contribution in [0.3, 0.4) is 0 Å². The second-order valence-electron chi connectivity index (χ2n) is 12.5. The molecule has 15 nitrogen and oxygen atoms in total. The molecule has 0 atom stereocenters. The molecule has 7 rings (SSSR count). The maximum atomic E-state index is 12.8. The van der Waals surface area contributed by atoms with Gasteiger partial charge in [-0.1, -0.05) is 65.5 Å². The van der Waals surface area contributed by atoms with Gasteiger partial charge in [0.2, 0.25) is 11.4 Å². The van der Waals surface area contributed by atoms with E-state index in [-0.39, 0.29) is 29.2 Å². The molecule has 0 saturated carbocycles. The maximum Gasteiger partial charge on any atom is 0.345 e. The molecule has 6 aromatic rings. The number of ether oxygens (including phenoxy) is 1. The smallest absolute Gasteiger partial charge is 0.345 e. The van der Waals surface area contributed by atoms with Crippen molar-refractivity contribution in [3.8, 4) is 5.75 Å². The van der Waals surface area contributed by atoms with Crippen LogP contribution < -0.4 is 30.2 Å². The largest absolute Gasteiger partial charge is 0.487 e. The van der Waals surface area contributed by atoms with Crippen LogP contribution in [0.5, 0.6) is 5.75 Å². The van der Waals surface area contributed by atoms with Crippen LogP contribution in [0.15, 0.2) is 120 Å². The van der Waals surface area contributed by atoms with Crippen LogP contribution in [-0.2, 0) is 31.0 Å². The lowest BCUT2D eigenvalue weighted by Gasteiger charge is -2.12. The van der Waals surface area contributed by atoms with Gasteiger partial charge in [0.25, 0.3) is 0 Å². The number of fused-ring (bicyclic) bond motifs is 2. The van der Waals surface area contributed by atoms with Gasteiger partial charge in [0.05, 0.1) is 40.2 Å². The summed E-state index contributed by atoms with van der Waals surface area (Å²) >= 11 is 2.54. The molecule has 1 aliphatic rings. The van der Waals surface area contributed by atoms with Crippen molar-refractivity contribution in [1.82, 2.24) is 30.6 Å². The first-order valence-electron chi connectivity index (χ1n) is 17.6. The fourth-order valence-electron chi connectivity index (χ4n) is 5.88. The van der Waals surface area contributed by atoms with Gasteiger partial charge in [-0.2, -0.15) is 4.57 Å². The summed E-state index contributed by atoms with van der Waals surface area (Å²) in [7, 11) is 2.09. The molecule has 4 heterocycles. The standard InChI is InChI=1S/C39H36N10O5S2/c1-46-33-10-4-5-11-34(33)55-36(46)12-6-7-28-17-20-47(32-9-3-2-8-31(28)32)21-18-35(50)40-19-22-48-25-29(44-45-48)26-54-30-15-13-27(14-16-30)23-41-38(51)43-39-42-24-37(56-39)49(52)53/h2-17,20,24-25H,18-19,21-23,26H2,1H3,(H2-,40,41,42,43,50,51)/p+1. The number of carbonyl (C=O) groups excluding carboxylic acids is 2. The third kappa shape index (κ3) is 9.55. The van der Waals surface area contributed by atoms with Gasteiger partial charge in [0.15, 0.2) is 17.9 Å². The first-order chi connectivity index (χ1) is 27.3. The van der Waals surface area contributed by atoms with E-state index >= 15 is 0 Å². The summed E-state index contributed by atoms with van der Waals surface area (Å²) < 4.78 is 9.61. The molecule has 0 saturated heterocycles. The first-order valence-corrected chi connectivity index (χ1v) is 19.2. The third-order valence-electron chi connectivity index (χ3n) is 8.73. The van der Waals surface area contributed by atoms with Gasteiger partial charge in [-0.3, -0.25) is 24.9 Å². The predicted octanol–water partition coefficient (Wildman–Crippen LogP) is 6.29. The van der Waals surface area contributed by atoms with Gasteiger partial charge in [-0.25, -0.2) is 9.78 Å². The number of urea groups is 1. The highest BCUT2D eigenvalue weighted by Crippen LogP contribution is 2.44. The Morgan fingerprint density at radius 1 is 1.04 bits per heavy atom. The molecule has 3 aromatic carbocycles. The quantitative estimate of drug-likeness (QED) is 0.0610. The van der Waals surface area contributed by atoms with Crippen LogP contribution in [0.4, 0.5) is 20.6 Å². The van der Waals surface area contributed by atoms with Crippen molar-refractivity contribution in [3.05, 3.63) is 142 Å². The summed E-state index contributed by atoms with van der Waals surface area (Å²) in [6, 6.07) is 25.4. The Hall–Kier alpha value is -6.59. The van der Waals surface area contributed by atoms with E-state index in [1.807, 2.05) is 30.5 Å². The zero-order valence-electron chi connectivity index (χ0n) is 30.2.